The summed E-state index contributed by atoms with van der Waals surface area (Å²) in [5, 5.41) is 3.89. The number of ether oxygens (including phenoxy) is 3. The van der Waals surface area contributed by atoms with Gasteiger partial charge in [0.15, 0.2) is 16.3 Å². The lowest BCUT2D eigenvalue weighted by atomic mass is 9.94. The fraction of sp³-hybridized carbons (Fsp3) is 0.250. The Kier molecular flexibility index (Phi) is 6.16. The van der Waals surface area contributed by atoms with Crippen molar-refractivity contribution < 1.29 is 27.2 Å². The number of hydrogen-bond acceptors (Lipinski definition) is 8. The van der Waals surface area contributed by atoms with Crippen LogP contribution in [0.1, 0.15) is 28.6 Å². The van der Waals surface area contributed by atoms with E-state index < -0.39 is 15.4 Å². The average molecular weight is 516 g/mol. The van der Waals surface area contributed by atoms with Gasteiger partial charge in [-0.05, 0) is 48.7 Å². The number of methoxy groups -OCH3 is 2. The van der Waals surface area contributed by atoms with Gasteiger partial charge in [0.1, 0.15) is 28.0 Å². The molecule has 0 bridgehead atoms. The summed E-state index contributed by atoms with van der Waals surface area (Å²) in [7, 11) is -1.40. The smallest absolute Gasteiger partial charge is 0.270 e. The van der Waals surface area contributed by atoms with Crippen LogP contribution in [0.15, 0.2) is 58.1 Å². The third kappa shape index (κ3) is 4.12. The van der Waals surface area contributed by atoms with E-state index in [2.05, 4.69) is 14.9 Å². The van der Waals surface area contributed by atoms with Gasteiger partial charge < -0.3 is 18.7 Å². The quantitative estimate of drug-likeness (QED) is 0.352. The number of hydrogen-bond donors (Lipinski definition) is 1. The highest BCUT2D eigenvalue weighted by Gasteiger charge is 2.31. The van der Waals surface area contributed by atoms with Crippen LogP contribution in [-0.2, 0) is 16.4 Å². The van der Waals surface area contributed by atoms with E-state index in [0.717, 1.165) is 17.5 Å². The second-order valence-electron chi connectivity index (χ2n) is 7.84. The van der Waals surface area contributed by atoms with E-state index in [1.807, 2.05) is 18.2 Å². The topological polar surface area (TPSA) is 113 Å². The van der Waals surface area contributed by atoms with Crippen molar-refractivity contribution >= 4 is 38.4 Å². The van der Waals surface area contributed by atoms with Gasteiger partial charge in [0, 0.05) is 11.8 Å². The maximum absolute atomic E-state index is 13.4. The van der Waals surface area contributed by atoms with Crippen LogP contribution in [0.3, 0.4) is 0 Å². The molecule has 5 rings (SSSR count). The summed E-state index contributed by atoms with van der Waals surface area (Å²) < 4.78 is 51.4. The first-order valence-electron chi connectivity index (χ1n) is 10.8. The molecule has 9 nitrogen and oxygen atoms in total. The minimum atomic E-state index is -4.17. The number of nitrogens with zero attached hydrogens (tertiary/aromatic N) is 2. The molecule has 182 valence electrons. The molecule has 35 heavy (non-hydrogen) atoms. The van der Waals surface area contributed by atoms with E-state index in [1.54, 1.807) is 18.3 Å². The molecular weight excluding hydrogens is 494 g/mol. The van der Waals surface area contributed by atoms with Crippen LogP contribution in [0.4, 0.5) is 5.82 Å². The fourth-order valence-electron chi connectivity index (χ4n) is 4.21. The van der Waals surface area contributed by atoms with Crippen LogP contribution in [0.25, 0.3) is 11.0 Å². The summed E-state index contributed by atoms with van der Waals surface area (Å²) >= 11 is 6.81. The zero-order valence-corrected chi connectivity index (χ0v) is 20.5. The number of alkyl halides is 1. The van der Waals surface area contributed by atoms with Gasteiger partial charge in [0.2, 0.25) is 0 Å². The number of nitrogens with one attached hydrogen (secondary N) is 1. The molecule has 0 spiro atoms. The molecule has 1 aliphatic rings. The van der Waals surface area contributed by atoms with Crippen LogP contribution < -0.4 is 18.9 Å². The SMILES string of the molecule is COc1cccc(OC)c1S(=O)(=O)Nc1noc2cc(C(Cl)c3ccccn3)c3c(c12)OCCC3. The lowest BCUT2D eigenvalue weighted by Gasteiger charge is -2.23. The Morgan fingerprint density at radius 1 is 1.11 bits per heavy atom. The summed E-state index contributed by atoms with van der Waals surface area (Å²) in [6.45, 7) is 0.472. The Balaban J connectivity index is 1.63. The van der Waals surface area contributed by atoms with Crippen molar-refractivity contribution in [2.45, 2.75) is 23.1 Å². The first kappa shape index (κ1) is 23.3. The lowest BCUT2D eigenvalue weighted by Crippen LogP contribution is -2.16. The zero-order valence-electron chi connectivity index (χ0n) is 18.9. The fourth-order valence-corrected chi connectivity index (χ4v) is 5.86. The molecule has 3 heterocycles. The van der Waals surface area contributed by atoms with Gasteiger partial charge >= 0.3 is 0 Å². The highest BCUT2D eigenvalue weighted by molar-refractivity contribution is 7.93. The number of anilines is 1. The molecule has 11 heteroatoms. The van der Waals surface area contributed by atoms with E-state index >= 15 is 0 Å². The average Bonchev–Trinajstić information content (AvgIpc) is 3.29. The predicted molar refractivity (Wildman–Crippen MR) is 130 cm³/mol. The second kappa shape index (κ2) is 9.27. The van der Waals surface area contributed by atoms with Crippen LogP contribution in [0, 0.1) is 0 Å². The Labute approximate surface area is 207 Å². The van der Waals surface area contributed by atoms with Crippen LogP contribution in [0.2, 0.25) is 0 Å². The number of rotatable bonds is 7. The standard InChI is InChI=1S/C24H22ClN3O6S/c1-31-17-9-5-10-18(32-2)23(17)35(29,30)28-24-20-19(34-27-24)13-15(14-7-6-12-33-22(14)20)21(25)16-8-3-4-11-26-16/h3-5,8-11,13,21H,6-7,12H2,1-2H3,(H,27,28). The molecule has 0 aliphatic carbocycles. The predicted octanol–water partition coefficient (Wildman–Crippen LogP) is 4.69. The van der Waals surface area contributed by atoms with Crippen molar-refractivity contribution in [2.24, 2.45) is 0 Å². The molecule has 0 amide bonds. The third-order valence-corrected chi connectivity index (χ3v) is 7.64. The molecule has 2 aromatic carbocycles. The molecule has 0 saturated carbocycles. The number of benzene rings is 2. The molecule has 1 atom stereocenters. The summed E-state index contributed by atoms with van der Waals surface area (Å²) in [4.78, 5) is 4.22. The molecule has 4 aromatic rings. The van der Waals surface area contributed by atoms with Crippen LogP contribution >= 0.6 is 11.6 Å². The summed E-state index contributed by atoms with van der Waals surface area (Å²) in [5.74, 6) is 0.758. The van der Waals surface area contributed by atoms with E-state index in [4.69, 9.17) is 30.3 Å². The number of pyridine rings is 1. The van der Waals surface area contributed by atoms with Gasteiger partial charge in [-0.1, -0.05) is 17.3 Å². The molecule has 0 radical (unpaired) electrons. The molecule has 2 aromatic heterocycles. The van der Waals surface area contributed by atoms with E-state index in [9.17, 15) is 8.42 Å². The number of halogens is 1. The maximum Gasteiger partial charge on any atom is 0.270 e. The molecule has 1 aliphatic heterocycles. The van der Waals surface area contributed by atoms with E-state index in [1.165, 1.54) is 26.4 Å². The van der Waals surface area contributed by atoms with Crippen LogP contribution in [-0.4, -0.2) is 39.4 Å². The molecule has 1 unspecified atom stereocenters. The highest BCUT2D eigenvalue weighted by Crippen LogP contribution is 2.45. The molecule has 1 N–H and O–H groups in total. The minimum absolute atomic E-state index is 0.00150. The van der Waals surface area contributed by atoms with Crippen molar-refractivity contribution in [3.05, 3.63) is 65.5 Å². The van der Waals surface area contributed by atoms with Gasteiger partial charge in [-0.15, -0.1) is 11.6 Å². The van der Waals surface area contributed by atoms with Gasteiger partial charge in [0.25, 0.3) is 10.0 Å². The third-order valence-electron chi connectivity index (χ3n) is 5.78. The second-order valence-corrected chi connectivity index (χ2v) is 9.90. The summed E-state index contributed by atoms with van der Waals surface area (Å²) in [6.07, 6.45) is 3.18. The monoisotopic (exact) mass is 515 g/mol. The minimum Gasteiger partial charge on any atom is -0.495 e. The lowest BCUT2D eigenvalue weighted by molar-refractivity contribution is 0.291. The zero-order chi connectivity index (χ0) is 24.6. The Bertz CT molecular complexity index is 1470. The van der Waals surface area contributed by atoms with Crippen molar-refractivity contribution in [3.8, 4) is 17.2 Å². The normalized spacial score (nSPS) is 14.1. The number of fused-ring (bicyclic) bond motifs is 3. The maximum atomic E-state index is 13.4. The first-order chi connectivity index (χ1) is 16.9. The van der Waals surface area contributed by atoms with Gasteiger partial charge in [-0.3, -0.25) is 9.71 Å². The number of aromatic nitrogens is 2. The van der Waals surface area contributed by atoms with Crippen LogP contribution in [0.5, 0.6) is 17.2 Å². The van der Waals surface area contributed by atoms with Crippen molar-refractivity contribution in [2.75, 3.05) is 25.5 Å². The summed E-state index contributed by atoms with van der Waals surface area (Å²) in [5.41, 5.74) is 2.68. The van der Waals surface area contributed by atoms with E-state index in [0.29, 0.717) is 35.4 Å². The van der Waals surface area contributed by atoms with Gasteiger partial charge in [-0.2, -0.15) is 0 Å². The molecular formula is C24H22ClN3O6S. The van der Waals surface area contributed by atoms with Crippen molar-refractivity contribution in [1.29, 1.82) is 0 Å². The Hall–Kier alpha value is -3.50. The van der Waals surface area contributed by atoms with E-state index in [-0.39, 0.29) is 22.2 Å². The van der Waals surface area contributed by atoms with Gasteiger partial charge in [0.05, 0.1) is 26.5 Å². The Morgan fingerprint density at radius 2 is 1.89 bits per heavy atom. The van der Waals surface area contributed by atoms with Crippen molar-refractivity contribution in [1.82, 2.24) is 10.1 Å². The highest BCUT2D eigenvalue weighted by atomic mass is 35.5. The van der Waals surface area contributed by atoms with Gasteiger partial charge in [-0.25, -0.2) is 8.42 Å². The molecule has 0 saturated heterocycles. The largest absolute Gasteiger partial charge is 0.495 e. The van der Waals surface area contributed by atoms with Crippen molar-refractivity contribution in [3.63, 3.8) is 0 Å². The first-order valence-corrected chi connectivity index (χ1v) is 12.7. The Morgan fingerprint density at radius 3 is 2.57 bits per heavy atom. The molecule has 0 fully saturated rings. The number of sulfonamides is 1. The summed E-state index contributed by atoms with van der Waals surface area (Å²) in [6, 6.07) is 12.0.